The van der Waals surface area contributed by atoms with Crippen molar-refractivity contribution in [3.8, 4) is 0 Å². The molecule has 0 radical (unpaired) electrons. The number of azide groups is 2. The fourth-order valence-corrected chi connectivity index (χ4v) is 1.52. The second-order valence-electron chi connectivity index (χ2n) is 3.25. The molecule has 0 aliphatic carbocycles. The van der Waals surface area contributed by atoms with Gasteiger partial charge in [-0.1, -0.05) is 10.2 Å². The van der Waals surface area contributed by atoms with Crippen LogP contribution < -0.4 is 0 Å². The molecule has 0 unspecified atom stereocenters. The van der Waals surface area contributed by atoms with E-state index in [-0.39, 0.29) is 13.0 Å². The number of aliphatic hydroxyl groups is 1. The first-order valence-electron chi connectivity index (χ1n) is 4.64. The number of hydrogen-bond acceptors (Lipinski definition) is 5. The number of aliphatic hydroxyl groups excluding tert-OH is 1. The molecule has 1 saturated heterocycles. The van der Waals surface area contributed by atoms with E-state index in [1.807, 2.05) is 0 Å². The maximum Gasteiger partial charge on any atom is 0.158 e. The Balaban J connectivity index is 2.74. The molecular formula is C7H12N6O3. The summed E-state index contributed by atoms with van der Waals surface area (Å²) >= 11 is 0. The molecule has 0 amide bonds. The molecule has 1 aliphatic rings. The smallest absolute Gasteiger partial charge is 0.158 e. The SMILES string of the molecule is CO[C@@H]1C[C@@H](N=[N+]=[N-])[C@@H](O)[C@@H](CN=[N+]=[N-])O1. The van der Waals surface area contributed by atoms with Crippen LogP contribution >= 0.6 is 0 Å². The lowest BCUT2D eigenvalue weighted by Crippen LogP contribution is -2.49. The summed E-state index contributed by atoms with van der Waals surface area (Å²) in [5.74, 6) is 0. The monoisotopic (exact) mass is 228 g/mol. The van der Waals surface area contributed by atoms with Gasteiger partial charge in [0, 0.05) is 23.4 Å². The summed E-state index contributed by atoms with van der Waals surface area (Å²) in [4.78, 5) is 5.22. The Bertz CT molecular complexity index is 324. The fourth-order valence-electron chi connectivity index (χ4n) is 1.52. The Morgan fingerprint density at radius 3 is 2.81 bits per heavy atom. The molecule has 0 aromatic carbocycles. The molecule has 0 aromatic rings. The lowest BCUT2D eigenvalue weighted by atomic mass is 9.99. The molecule has 9 nitrogen and oxygen atoms in total. The summed E-state index contributed by atoms with van der Waals surface area (Å²) in [6.07, 6.45) is -2.01. The minimum atomic E-state index is -0.993. The Morgan fingerprint density at radius 2 is 2.25 bits per heavy atom. The van der Waals surface area contributed by atoms with E-state index in [1.165, 1.54) is 7.11 Å². The zero-order valence-electron chi connectivity index (χ0n) is 8.67. The van der Waals surface area contributed by atoms with Gasteiger partial charge in [0.25, 0.3) is 0 Å². The van der Waals surface area contributed by atoms with Crippen molar-refractivity contribution in [1.82, 2.24) is 0 Å². The summed E-state index contributed by atoms with van der Waals surface area (Å²) in [6, 6.07) is -0.636. The van der Waals surface area contributed by atoms with E-state index in [0.29, 0.717) is 0 Å². The lowest BCUT2D eigenvalue weighted by molar-refractivity contribution is -0.213. The van der Waals surface area contributed by atoms with Gasteiger partial charge in [-0.3, -0.25) is 0 Å². The van der Waals surface area contributed by atoms with Crippen molar-refractivity contribution in [3.05, 3.63) is 20.9 Å². The van der Waals surface area contributed by atoms with E-state index in [1.54, 1.807) is 0 Å². The van der Waals surface area contributed by atoms with Crippen LogP contribution in [0.3, 0.4) is 0 Å². The van der Waals surface area contributed by atoms with Crippen molar-refractivity contribution in [2.45, 2.75) is 31.0 Å². The van der Waals surface area contributed by atoms with Gasteiger partial charge >= 0.3 is 0 Å². The highest BCUT2D eigenvalue weighted by molar-refractivity contribution is 4.89. The third-order valence-electron chi connectivity index (χ3n) is 2.32. The topological polar surface area (TPSA) is 136 Å². The normalized spacial score (nSPS) is 33.6. The van der Waals surface area contributed by atoms with Gasteiger partial charge in [0.2, 0.25) is 0 Å². The number of rotatable bonds is 4. The van der Waals surface area contributed by atoms with Crippen molar-refractivity contribution in [1.29, 1.82) is 0 Å². The van der Waals surface area contributed by atoms with Crippen LogP contribution in [-0.4, -0.2) is 43.3 Å². The molecule has 1 rings (SSSR count). The molecule has 0 aromatic heterocycles. The van der Waals surface area contributed by atoms with Gasteiger partial charge in [-0.25, -0.2) is 0 Å². The van der Waals surface area contributed by atoms with Crippen molar-refractivity contribution in [2.75, 3.05) is 13.7 Å². The van der Waals surface area contributed by atoms with Crippen molar-refractivity contribution in [3.63, 3.8) is 0 Å². The number of ether oxygens (including phenoxy) is 2. The summed E-state index contributed by atoms with van der Waals surface area (Å²) in [5.41, 5.74) is 16.5. The Kier molecular flexibility index (Phi) is 4.84. The summed E-state index contributed by atoms with van der Waals surface area (Å²) in [6.45, 7) is -0.0328. The summed E-state index contributed by atoms with van der Waals surface area (Å²) < 4.78 is 10.3. The Morgan fingerprint density at radius 1 is 1.50 bits per heavy atom. The largest absolute Gasteiger partial charge is 0.390 e. The molecule has 1 heterocycles. The minimum absolute atomic E-state index is 0.0328. The Hall–Kier alpha value is -1.50. The second-order valence-corrected chi connectivity index (χ2v) is 3.25. The van der Waals surface area contributed by atoms with Crippen LogP contribution in [-0.2, 0) is 9.47 Å². The van der Waals surface area contributed by atoms with Gasteiger partial charge in [-0.05, 0) is 11.1 Å². The van der Waals surface area contributed by atoms with Gasteiger partial charge in [-0.15, -0.1) is 0 Å². The van der Waals surface area contributed by atoms with E-state index in [0.717, 1.165) is 0 Å². The van der Waals surface area contributed by atoms with Crippen LogP contribution in [0.15, 0.2) is 10.2 Å². The van der Waals surface area contributed by atoms with Gasteiger partial charge in [-0.2, -0.15) is 0 Å². The molecule has 16 heavy (non-hydrogen) atoms. The second kappa shape index (κ2) is 6.16. The van der Waals surface area contributed by atoms with Crippen molar-refractivity contribution >= 4 is 0 Å². The average molecular weight is 228 g/mol. The van der Waals surface area contributed by atoms with Gasteiger partial charge < -0.3 is 14.6 Å². The Labute approximate surface area is 91.2 Å². The third-order valence-corrected chi connectivity index (χ3v) is 2.32. The molecular weight excluding hydrogens is 216 g/mol. The van der Waals surface area contributed by atoms with Crippen LogP contribution in [0.25, 0.3) is 20.9 Å². The molecule has 0 saturated carbocycles. The highest BCUT2D eigenvalue weighted by Crippen LogP contribution is 2.23. The molecule has 9 heteroatoms. The number of methoxy groups -OCH3 is 1. The third kappa shape index (κ3) is 2.99. The van der Waals surface area contributed by atoms with E-state index >= 15 is 0 Å². The predicted octanol–water partition coefficient (Wildman–Crippen LogP) is 1.10. The highest BCUT2D eigenvalue weighted by Gasteiger charge is 2.36. The predicted molar refractivity (Wildman–Crippen MR) is 53.2 cm³/mol. The zero-order valence-corrected chi connectivity index (χ0v) is 8.67. The quantitative estimate of drug-likeness (QED) is 0.438. The van der Waals surface area contributed by atoms with Crippen molar-refractivity contribution in [2.24, 2.45) is 10.2 Å². The maximum absolute atomic E-state index is 9.77. The fraction of sp³-hybridized carbons (Fsp3) is 1.00. The van der Waals surface area contributed by atoms with E-state index in [9.17, 15) is 5.11 Å². The first-order valence-corrected chi connectivity index (χ1v) is 4.64. The maximum atomic E-state index is 9.77. The van der Waals surface area contributed by atoms with Crippen LogP contribution in [0.5, 0.6) is 0 Å². The molecule has 88 valence electrons. The van der Waals surface area contributed by atoms with Gasteiger partial charge in [0.15, 0.2) is 6.29 Å². The van der Waals surface area contributed by atoms with Gasteiger partial charge in [0.05, 0.1) is 24.8 Å². The molecule has 1 aliphatic heterocycles. The van der Waals surface area contributed by atoms with E-state index in [2.05, 4.69) is 20.1 Å². The number of nitrogens with zero attached hydrogens (tertiary/aromatic N) is 6. The minimum Gasteiger partial charge on any atom is -0.390 e. The molecule has 1 N–H and O–H groups in total. The summed E-state index contributed by atoms with van der Waals surface area (Å²) in [7, 11) is 1.44. The van der Waals surface area contributed by atoms with Crippen molar-refractivity contribution < 1.29 is 14.6 Å². The molecule has 1 fully saturated rings. The average Bonchev–Trinajstić information content (AvgIpc) is 2.30. The molecule has 4 atom stereocenters. The standard InChI is InChI=1S/C7H12N6O3/c1-15-6-2-4(11-13-9)7(14)5(16-6)3-10-12-8/h4-7,14H,2-3H2,1H3/t4-,5-,6+,7-/m1/s1. The highest BCUT2D eigenvalue weighted by atomic mass is 16.7. The van der Waals surface area contributed by atoms with Crippen LogP contribution in [0.2, 0.25) is 0 Å². The summed E-state index contributed by atoms with van der Waals surface area (Å²) in [5, 5.41) is 16.5. The van der Waals surface area contributed by atoms with Crippen LogP contribution in [0.4, 0.5) is 0 Å². The number of hydrogen-bond donors (Lipinski definition) is 1. The van der Waals surface area contributed by atoms with Crippen LogP contribution in [0.1, 0.15) is 6.42 Å². The van der Waals surface area contributed by atoms with E-state index < -0.39 is 24.5 Å². The molecule has 0 spiro atoms. The zero-order chi connectivity index (χ0) is 12.0. The van der Waals surface area contributed by atoms with Crippen LogP contribution in [0, 0.1) is 0 Å². The first-order chi connectivity index (χ1) is 7.72. The van der Waals surface area contributed by atoms with E-state index in [4.69, 9.17) is 20.5 Å². The lowest BCUT2D eigenvalue weighted by Gasteiger charge is -2.36. The molecule has 0 bridgehead atoms. The first kappa shape index (κ1) is 12.6. The van der Waals surface area contributed by atoms with Gasteiger partial charge in [0.1, 0.15) is 0 Å².